The number of amides is 1. The summed E-state index contributed by atoms with van der Waals surface area (Å²) in [6, 6.07) is 4.84. The standard InChI is InChI=1S/C15H15ClN4O4/c1-3-8(2)17-13(21)14-18-12(19-24-14)7-20-10-6-9(16)4-5-11(10)23-15(20)22/h4-6,8H,3,7H2,1-2H3,(H,17,21)/t8-/m1/s1. The van der Waals surface area contributed by atoms with Crippen LogP contribution in [0.4, 0.5) is 0 Å². The molecule has 8 nitrogen and oxygen atoms in total. The van der Waals surface area contributed by atoms with Crippen molar-refractivity contribution < 1.29 is 13.7 Å². The minimum absolute atomic E-state index is 0.00423. The maximum atomic E-state index is 12.0. The molecule has 0 unspecified atom stereocenters. The number of rotatable bonds is 5. The summed E-state index contributed by atoms with van der Waals surface area (Å²) in [4.78, 5) is 27.9. The number of hydrogen-bond acceptors (Lipinski definition) is 6. The fourth-order valence-electron chi connectivity index (χ4n) is 2.12. The summed E-state index contributed by atoms with van der Waals surface area (Å²) in [6.07, 6.45) is 0.782. The van der Waals surface area contributed by atoms with E-state index in [2.05, 4.69) is 15.5 Å². The number of aromatic nitrogens is 3. The van der Waals surface area contributed by atoms with Gasteiger partial charge in [0.15, 0.2) is 11.4 Å². The number of hydrogen-bond donors (Lipinski definition) is 1. The summed E-state index contributed by atoms with van der Waals surface area (Å²) in [5.41, 5.74) is 0.922. The van der Waals surface area contributed by atoms with Crippen molar-refractivity contribution in [1.82, 2.24) is 20.0 Å². The molecule has 1 aromatic carbocycles. The quantitative estimate of drug-likeness (QED) is 0.756. The fourth-order valence-corrected chi connectivity index (χ4v) is 2.29. The largest absolute Gasteiger partial charge is 0.420 e. The van der Waals surface area contributed by atoms with Crippen LogP contribution in [0.3, 0.4) is 0 Å². The van der Waals surface area contributed by atoms with Crippen molar-refractivity contribution in [1.29, 1.82) is 0 Å². The molecular weight excluding hydrogens is 336 g/mol. The molecule has 0 saturated carbocycles. The van der Waals surface area contributed by atoms with Gasteiger partial charge < -0.3 is 14.3 Å². The number of carbonyl (C=O) groups is 1. The van der Waals surface area contributed by atoms with E-state index in [0.29, 0.717) is 16.1 Å². The van der Waals surface area contributed by atoms with E-state index < -0.39 is 11.7 Å². The van der Waals surface area contributed by atoms with Crippen LogP contribution < -0.4 is 11.1 Å². The molecule has 0 spiro atoms. The molecule has 0 aliphatic heterocycles. The van der Waals surface area contributed by atoms with Gasteiger partial charge >= 0.3 is 17.6 Å². The van der Waals surface area contributed by atoms with Crippen LogP contribution in [0.25, 0.3) is 11.1 Å². The molecule has 9 heteroatoms. The van der Waals surface area contributed by atoms with E-state index in [9.17, 15) is 9.59 Å². The number of benzene rings is 1. The Bertz CT molecular complexity index is 942. The Morgan fingerprint density at radius 3 is 3.00 bits per heavy atom. The van der Waals surface area contributed by atoms with E-state index in [-0.39, 0.29) is 24.3 Å². The molecular formula is C15H15ClN4O4. The molecule has 0 saturated heterocycles. The van der Waals surface area contributed by atoms with Gasteiger partial charge in [-0.3, -0.25) is 9.36 Å². The molecule has 0 fully saturated rings. The van der Waals surface area contributed by atoms with E-state index in [1.54, 1.807) is 18.2 Å². The van der Waals surface area contributed by atoms with Gasteiger partial charge in [0.25, 0.3) is 0 Å². The molecule has 0 bridgehead atoms. The van der Waals surface area contributed by atoms with Crippen molar-refractivity contribution in [3.05, 3.63) is 45.5 Å². The highest BCUT2D eigenvalue weighted by molar-refractivity contribution is 6.31. The molecule has 0 aliphatic rings. The summed E-state index contributed by atoms with van der Waals surface area (Å²) in [5, 5.41) is 6.93. The Kier molecular flexibility index (Phi) is 4.39. The van der Waals surface area contributed by atoms with Gasteiger partial charge in [-0.2, -0.15) is 4.98 Å². The summed E-state index contributed by atoms with van der Waals surface area (Å²) < 4.78 is 11.4. The Labute approximate surface area is 141 Å². The van der Waals surface area contributed by atoms with Crippen molar-refractivity contribution in [2.24, 2.45) is 0 Å². The van der Waals surface area contributed by atoms with Crippen molar-refractivity contribution in [2.45, 2.75) is 32.9 Å². The summed E-state index contributed by atoms with van der Waals surface area (Å²) >= 11 is 5.95. The Morgan fingerprint density at radius 2 is 2.25 bits per heavy atom. The second-order valence-corrected chi connectivity index (χ2v) is 5.80. The number of fused-ring (bicyclic) bond motifs is 1. The van der Waals surface area contributed by atoms with Crippen molar-refractivity contribution in [3.63, 3.8) is 0 Å². The molecule has 1 amide bonds. The first-order valence-electron chi connectivity index (χ1n) is 7.40. The van der Waals surface area contributed by atoms with Crippen LogP contribution in [0.1, 0.15) is 36.8 Å². The van der Waals surface area contributed by atoms with E-state index >= 15 is 0 Å². The summed E-state index contributed by atoms with van der Waals surface area (Å²) in [6.45, 7) is 3.83. The minimum atomic E-state index is -0.567. The zero-order valence-electron chi connectivity index (χ0n) is 13.1. The summed E-state index contributed by atoms with van der Waals surface area (Å²) in [7, 11) is 0. The Hall–Kier alpha value is -2.61. The van der Waals surface area contributed by atoms with Crippen LogP contribution in [0.2, 0.25) is 5.02 Å². The van der Waals surface area contributed by atoms with E-state index in [1.165, 1.54) is 4.57 Å². The topological polar surface area (TPSA) is 103 Å². The molecule has 2 heterocycles. The molecule has 2 aromatic heterocycles. The van der Waals surface area contributed by atoms with Gasteiger partial charge in [0.05, 0.1) is 12.1 Å². The first kappa shape index (κ1) is 16.3. The third-order valence-electron chi connectivity index (χ3n) is 3.58. The van der Waals surface area contributed by atoms with Gasteiger partial charge in [0.1, 0.15) is 0 Å². The second kappa shape index (κ2) is 6.48. The molecule has 3 rings (SSSR count). The predicted molar refractivity (Wildman–Crippen MR) is 86.1 cm³/mol. The highest BCUT2D eigenvalue weighted by Gasteiger charge is 2.18. The van der Waals surface area contributed by atoms with Crippen molar-refractivity contribution in [2.75, 3.05) is 0 Å². The van der Waals surface area contributed by atoms with Gasteiger partial charge in [0, 0.05) is 11.1 Å². The lowest BCUT2D eigenvalue weighted by Gasteiger charge is -2.07. The van der Waals surface area contributed by atoms with Crippen LogP contribution in [0.15, 0.2) is 31.9 Å². The number of halogens is 1. The van der Waals surface area contributed by atoms with Gasteiger partial charge in [-0.15, -0.1) is 0 Å². The molecule has 3 aromatic rings. The fraction of sp³-hybridized carbons (Fsp3) is 0.333. The minimum Gasteiger partial charge on any atom is -0.408 e. The van der Waals surface area contributed by atoms with Crippen LogP contribution in [0, 0.1) is 0 Å². The molecule has 1 atom stereocenters. The van der Waals surface area contributed by atoms with Crippen molar-refractivity contribution in [3.8, 4) is 0 Å². The van der Waals surface area contributed by atoms with Crippen LogP contribution in [-0.2, 0) is 6.54 Å². The van der Waals surface area contributed by atoms with E-state index in [1.807, 2.05) is 13.8 Å². The van der Waals surface area contributed by atoms with Gasteiger partial charge in [-0.1, -0.05) is 23.7 Å². The first-order chi connectivity index (χ1) is 11.5. The maximum absolute atomic E-state index is 12.0. The van der Waals surface area contributed by atoms with Crippen molar-refractivity contribution >= 4 is 28.6 Å². The second-order valence-electron chi connectivity index (χ2n) is 5.36. The Morgan fingerprint density at radius 1 is 1.46 bits per heavy atom. The van der Waals surface area contributed by atoms with E-state index in [4.69, 9.17) is 20.5 Å². The van der Waals surface area contributed by atoms with Gasteiger partial charge in [-0.25, -0.2) is 4.79 Å². The SMILES string of the molecule is CC[C@@H](C)NC(=O)c1nc(Cn2c(=O)oc3ccc(Cl)cc32)no1. The van der Waals surface area contributed by atoms with Crippen LogP contribution in [0.5, 0.6) is 0 Å². The van der Waals surface area contributed by atoms with Gasteiger partial charge in [-0.05, 0) is 31.5 Å². The number of nitrogens with zero attached hydrogens (tertiary/aromatic N) is 3. The van der Waals surface area contributed by atoms with Crippen LogP contribution in [-0.4, -0.2) is 26.7 Å². The number of oxazole rings is 1. The highest BCUT2D eigenvalue weighted by Crippen LogP contribution is 2.18. The molecule has 24 heavy (non-hydrogen) atoms. The maximum Gasteiger partial charge on any atom is 0.420 e. The number of carbonyl (C=O) groups excluding carboxylic acids is 1. The predicted octanol–water partition coefficient (Wildman–Crippen LogP) is 2.21. The third kappa shape index (κ3) is 3.18. The lowest BCUT2D eigenvalue weighted by Crippen LogP contribution is -2.32. The molecule has 126 valence electrons. The molecule has 1 N–H and O–H groups in total. The average molecular weight is 351 g/mol. The zero-order valence-corrected chi connectivity index (χ0v) is 13.8. The monoisotopic (exact) mass is 350 g/mol. The smallest absolute Gasteiger partial charge is 0.408 e. The first-order valence-corrected chi connectivity index (χ1v) is 7.78. The normalized spacial score (nSPS) is 12.5. The zero-order chi connectivity index (χ0) is 17.3. The third-order valence-corrected chi connectivity index (χ3v) is 3.82. The number of nitrogens with one attached hydrogen (secondary N) is 1. The molecule has 0 aliphatic carbocycles. The average Bonchev–Trinajstić information content (AvgIpc) is 3.13. The summed E-state index contributed by atoms with van der Waals surface area (Å²) in [5.74, 6) is -0.975. The van der Waals surface area contributed by atoms with Crippen LogP contribution >= 0.6 is 11.6 Å². The highest BCUT2D eigenvalue weighted by atomic mass is 35.5. The van der Waals surface area contributed by atoms with Gasteiger partial charge in [0.2, 0.25) is 0 Å². The lowest BCUT2D eigenvalue weighted by molar-refractivity contribution is 0.0895. The molecule has 0 radical (unpaired) electrons. The lowest BCUT2D eigenvalue weighted by atomic mass is 10.2. The van der Waals surface area contributed by atoms with E-state index in [0.717, 1.165) is 6.42 Å². The Balaban J connectivity index is 1.85.